The van der Waals surface area contributed by atoms with Crippen LogP contribution in [0.4, 0.5) is 0 Å². The summed E-state index contributed by atoms with van der Waals surface area (Å²) in [4.78, 5) is 12.0. The Morgan fingerprint density at radius 2 is 1.95 bits per heavy atom. The largest absolute Gasteiger partial charge is 0.479 e. The highest BCUT2D eigenvalue weighted by Crippen LogP contribution is 2.20. The number of aliphatic carboxylic acids is 1. The molecule has 0 aliphatic rings. The number of carbonyl (C=O) groups is 1. The molecule has 0 heterocycles. The van der Waals surface area contributed by atoms with Gasteiger partial charge in [-0.3, -0.25) is 0 Å². The van der Waals surface area contributed by atoms with E-state index in [9.17, 15) is 4.79 Å². The van der Waals surface area contributed by atoms with Gasteiger partial charge in [0, 0.05) is 4.90 Å². The van der Waals surface area contributed by atoms with Crippen LogP contribution in [0.2, 0.25) is 0 Å². The summed E-state index contributed by atoms with van der Waals surface area (Å²) in [5, 5.41) is 8.88. The maximum absolute atomic E-state index is 10.8. The number of nitrogens with two attached hydrogens (primary N) is 1. The van der Waals surface area contributed by atoms with Gasteiger partial charge in [-0.1, -0.05) is 26.0 Å². The van der Waals surface area contributed by atoms with E-state index in [0.29, 0.717) is 6.42 Å². The van der Waals surface area contributed by atoms with Crippen molar-refractivity contribution in [2.75, 3.05) is 12.4 Å². The van der Waals surface area contributed by atoms with Crippen molar-refractivity contribution >= 4 is 30.1 Å². The Morgan fingerprint density at radius 3 is 2.40 bits per heavy atom. The van der Waals surface area contributed by atoms with E-state index >= 15 is 0 Å². The first-order valence-electron chi connectivity index (χ1n) is 6.41. The molecule has 0 aliphatic carbocycles. The number of carboxylic acid groups (broad SMARTS) is 1. The van der Waals surface area contributed by atoms with E-state index in [0.717, 1.165) is 11.3 Å². The lowest BCUT2D eigenvalue weighted by Crippen LogP contribution is -2.27. The second-order valence-electron chi connectivity index (χ2n) is 4.18. The van der Waals surface area contributed by atoms with Gasteiger partial charge in [0.2, 0.25) is 0 Å². The molecule has 1 aromatic rings. The first-order valence-corrected chi connectivity index (χ1v) is 7.39. The molecule has 0 saturated carbocycles. The first kappa shape index (κ1) is 19.2. The quantitative estimate of drug-likeness (QED) is 0.720. The minimum absolute atomic E-state index is 0. The average molecular weight is 320 g/mol. The number of thioether (sulfide) groups is 1. The molecular formula is C14H22ClNO3S. The van der Waals surface area contributed by atoms with Gasteiger partial charge < -0.3 is 15.6 Å². The number of ether oxygens (including phenoxy) is 1. The molecular weight excluding hydrogens is 298 g/mol. The topological polar surface area (TPSA) is 72.5 Å². The number of rotatable bonds is 8. The van der Waals surface area contributed by atoms with E-state index in [-0.39, 0.29) is 25.1 Å². The van der Waals surface area contributed by atoms with Gasteiger partial charge in [0.05, 0.1) is 12.6 Å². The van der Waals surface area contributed by atoms with Crippen LogP contribution in [-0.4, -0.2) is 29.5 Å². The monoisotopic (exact) mass is 319 g/mol. The molecule has 0 spiro atoms. The molecule has 114 valence electrons. The third kappa shape index (κ3) is 6.13. The highest BCUT2D eigenvalue weighted by atomic mass is 35.5. The zero-order chi connectivity index (χ0) is 14.3. The van der Waals surface area contributed by atoms with Gasteiger partial charge in [0.25, 0.3) is 0 Å². The first-order chi connectivity index (χ1) is 9.08. The van der Waals surface area contributed by atoms with Crippen LogP contribution in [0.15, 0.2) is 29.2 Å². The Hall–Kier alpha value is -0.750. The van der Waals surface area contributed by atoms with Crippen LogP contribution >= 0.6 is 24.2 Å². The van der Waals surface area contributed by atoms with E-state index in [1.807, 2.05) is 24.3 Å². The maximum Gasteiger partial charge on any atom is 0.332 e. The summed E-state index contributed by atoms with van der Waals surface area (Å²) in [6, 6.07) is 7.69. The van der Waals surface area contributed by atoms with Crippen LogP contribution in [0.25, 0.3) is 0 Å². The third-order valence-corrected chi connectivity index (χ3v) is 3.64. The summed E-state index contributed by atoms with van der Waals surface area (Å²) < 4.78 is 5.32. The average Bonchev–Trinajstić information content (AvgIpc) is 2.40. The van der Waals surface area contributed by atoms with Gasteiger partial charge in [-0.25, -0.2) is 4.79 Å². The van der Waals surface area contributed by atoms with Crippen LogP contribution in [0.1, 0.15) is 31.9 Å². The Bertz CT molecular complexity index is 400. The molecule has 1 rings (SSSR count). The molecule has 0 radical (unpaired) electrons. The van der Waals surface area contributed by atoms with Gasteiger partial charge in [-0.05, 0) is 29.9 Å². The van der Waals surface area contributed by atoms with Crippen molar-refractivity contribution in [2.45, 2.75) is 37.3 Å². The fourth-order valence-corrected chi connectivity index (χ4v) is 2.32. The molecule has 0 amide bonds. The molecule has 6 heteroatoms. The van der Waals surface area contributed by atoms with Crippen molar-refractivity contribution in [1.29, 1.82) is 0 Å². The predicted octanol–water partition coefficient (Wildman–Crippen LogP) is 3.10. The number of hydrogen-bond donors (Lipinski definition) is 2. The van der Waals surface area contributed by atoms with Crippen molar-refractivity contribution in [3.63, 3.8) is 0 Å². The Balaban J connectivity index is 0.00000361. The van der Waals surface area contributed by atoms with Crippen LogP contribution in [0.5, 0.6) is 0 Å². The number of halogens is 1. The van der Waals surface area contributed by atoms with Gasteiger partial charge in [-0.15, -0.1) is 24.2 Å². The molecule has 3 N–H and O–H groups in total. The van der Waals surface area contributed by atoms with Crippen molar-refractivity contribution < 1.29 is 14.6 Å². The third-order valence-electron chi connectivity index (χ3n) is 2.74. The number of benzene rings is 1. The van der Waals surface area contributed by atoms with E-state index in [1.54, 1.807) is 18.7 Å². The zero-order valence-corrected chi connectivity index (χ0v) is 13.4. The summed E-state index contributed by atoms with van der Waals surface area (Å²) in [7, 11) is 0. The zero-order valence-electron chi connectivity index (χ0n) is 11.7. The lowest BCUT2D eigenvalue weighted by Gasteiger charge is -2.16. The second-order valence-corrected chi connectivity index (χ2v) is 5.51. The van der Waals surface area contributed by atoms with Crippen molar-refractivity contribution in [3.8, 4) is 0 Å². The lowest BCUT2D eigenvalue weighted by molar-refractivity contribution is -0.150. The predicted molar refractivity (Wildman–Crippen MR) is 84.7 cm³/mol. The molecule has 0 aliphatic heterocycles. The van der Waals surface area contributed by atoms with Crippen LogP contribution < -0.4 is 5.73 Å². The molecule has 2 atom stereocenters. The summed E-state index contributed by atoms with van der Waals surface area (Å²) in [6.45, 7) is 4.10. The van der Waals surface area contributed by atoms with E-state index in [1.165, 1.54) is 4.90 Å². The SMILES string of the molecule is CCSc1ccc(C(N)CO[C@H](CC)C(=O)O)cc1.Cl. The lowest BCUT2D eigenvalue weighted by atomic mass is 10.1. The summed E-state index contributed by atoms with van der Waals surface area (Å²) in [5.41, 5.74) is 6.96. The van der Waals surface area contributed by atoms with Crippen LogP contribution in [0, 0.1) is 0 Å². The molecule has 4 nitrogen and oxygen atoms in total. The molecule has 0 bridgehead atoms. The molecule has 0 fully saturated rings. The second kappa shape index (κ2) is 10.0. The van der Waals surface area contributed by atoms with Crippen molar-refractivity contribution in [2.24, 2.45) is 5.73 Å². The molecule has 1 unspecified atom stereocenters. The van der Waals surface area contributed by atoms with E-state index in [4.69, 9.17) is 15.6 Å². The molecule has 0 aromatic heterocycles. The van der Waals surface area contributed by atoms with E-state index < -0.39 is 12.1 Å². The molecule has 20 heavy (non-hydrogen) atoms. The van der Waals surface area contributed by atoms with Gasteiger partial charge in [-0.2, -0.15) is 0 Å². The minimum Gasteiger partial charge on any atom is -0.479 e. The standard InChI is InChI=1S/C14H21NO3S.ClH/c1-3-13(14(16)17)18-9-12(15)10-5-7-11(8-6-10)19-4-2;/h5-8,12-13H,3-4,9,15H2,1-2H3,(H,16,17);1H/t12?,13-;/m1./s1. The highest BCUT2D eigenvalue weighted by Gasteiger charge is 2.17. The van der Waals surface area contributed by atoms with Gasteiger partial charge >= 0.3 is 5.97 Å². The minimum atomic E-state index is -0.940. The fourth-order valence-electron chi connectivity index (χ4n) is 1.66. The Morgan fingerprint density at radius 1 is 1.35 bits per heavy atom. The normalized spacial score (nSPS) is 13.3. The van der Waals surface area contributed by atoms with Crippen LogP contribution in [-0.2, 0) is 9.53 Å². The van der Waals surface area contributed by atoms with Gasteiger partial charge in [0.15, 0.2) is 6.10 Å². The molecule has 1 aromatic carbocycles. The summed E-state index contributed by atoms with van der Waals surface area (Å²) >= 11 is 1.77. The summed E-state index contributed by atoms with van der Waals surface area (Å²) in [5.74, 6) is 0.0927. The summed E-state index contributed by atoms with van der Waals surface area (Å²) in [6.07, 6.45) is -0.338. The molecule has 0 saturated heterocycles. The number of carboxylic acids is 1. The maximum atomic E-state index is 10.8. The van der Waals surface area contributed by atoms with Gasteiger partial charge in [0.1, 0.15) is 0 Å². The Labute approximate surface area is 130 Å². The van der Waals surface area contributed by atoms with Crippen LogP contribution in [0.3, 0.4) is 0 Å². The highest BCUT2D eigenvalue weighted by molar-refractivity contribution is 7.99. The Kier molecular flexibility index (Phi) is 9.67. The fraction of sp³-hybridized carbons (Fsp3) is 0.500. The number of hydrogen-bond acceptors (Lipinski definition) is 4. The van der Waals surface area contributed by atoms with E-state index in [2.05, 4.69) is 6.92 Å². The van der Waals surface area contributed by atoms with Crippen molar-refractivity contribution in [1.82, 2.24) is 0 Å². The van der Waals surface area contributed by atoms with Crippen molar-refractivity contribution in [3.05, 3.63) is 29.8 Å². The smallest absolute Gasteiger partial charge is 0.332 e.